The molecule has 18 heavy (non-hydrogen) atoms. The molecular weight excluding hydrogens is 316 g/mol. The first kappa shape index (κ1) is 14.0. The highest BCUT2D eigenvalue weighted by Gasteiger charge is 2.34. The molecule has 1 aromatic rings. The second kappa shape index (κ2) is 5.67. The lowest BCUT2D eigenvalue weighted by Crippen LogP contribution is -2.29. The zero-order chi connectivity index (χ0) is 13.2. The number of nitrogens with one attached hydrogen (secondary N) is 1. The van der Waals surface area contributed by atoms with Crippen LogP contribution in [0, 0.1) is 5.92 Å². The Bertz CT molecular complexity index is 519. The third kappa shape index (κ3) is 3.30. The normalized spacial score (nSPS) is 24.0. The monoisotopic (exact) mass is 332 g/mol. The molecule has 1 aliphatic rings. The zero-order valence-corrected chi connectivity index (χ0v) is 12.7. The highest BCUT2D eigenvalue weighted by Crippen LogP contribution is 2.31. The summed E-state index contributed by atoms with van der Waals surface area (Å²) in [7, 11) is -2.85. The fourth-order valence-electron chi connectivity index (χ4n) is 2.46. The second-order valence-corrected chi connectivity index (χ2v) is 7.78. The summed E-state index contributed by atoms with van der Waals surface area (Å²) in [6.07, 6.45) is 4.27. The molecule has 0 amide bonds. The maximum absolute atomic E-state index is 11.6. The van der Waals surface area contributed by atoms with Gasteiger partial charge in [-0.3, -0.25) is 4.98 Å². The lowest BCUT2D eigenvalue weighted by atomic mass is 9.93. The summed E-state index contributed by atoms with van der Waals surface area (Å²) in [4.78, 5) is 4.16. The number of pyridine rings is 1. The topological polar surface area (TPSA) is 59.1 Å². The number of halogens is 1. The molecule has 4 nitrogen and oxygen atoms in total. The molecular formula is C12H17BrN2O2S. The third-order valence-electron chi connectivity index (χ3n) is 3.25. The Morgan fingerprint density at radius 1 is 1.56 bits per heavy atom. The lowest BCUT2D eigenvalue weighted by molar-refractivity contribution is 0.399. The van der Waals surface area contributed by atoms with Crippen molar-refractivity contribution >= 4 is 25.8 Å². The molecule has 2 unspecified atom stereocenters. The summed E-state index contributed by atoms with van der Waals surface area (Å²) < 4.78 is 24.1. The molecule has 0 aromatic carbocycles. The summed E-state index contributed by atoms with van der Waals surface area (Å²) >= 11 is 3.40. The molecule has 0 saturated carbocycles. The summed E-state index contributed by atoms with van der Waals surface area (Å²) in [5.74, 6) is 0.726. The zero-order valence-electron chi connectivity index (χ0n) is 10.3. The van der Waals surface area contributed by atoms with Gasteiger partial charge < -0.3 is 5.32 Å². The van der Waals surface area contributed by atoms with Crippen molar-refractivity contribution in [3.63, 3.8) is 0 Å². The van der Waals surface area contributed by atoms with Gasteiger partial charge in [0.15, 0.2) is 9.84 Å². The van der Waals surface area contributed by atoms with Gasteiger partial charge in [0.05, 0.1) is 11.5 Å². The minimum Gasteiger partial charge on any atom is -0.310 e. The van der Waals surface area contributed by atoms with Crippen molar-refractivity contribution in [2.75, 3.05) is 18.1 Å². The van der Waals surface area contributed by atoms with Crippen LogP contribution in [0.4, 0.5) is 0 Å². The van der Waals surface area contributed by atoms with Gasteiger partial charge in [-0.25, -0.2) is 8.42 Å². The fourth-order valence-corrected chi connectivity index (χ4v) is 4.68. The Labute approximate surface area is 116 Å². The van der Waals surface area contributed by atoms with E-state index in [2.05, 4.69) is 26.2 Å². The number of hydrogen-bond acceptors (Lipinski definition) is 4. The van der Waals surface area contributed by atoms with Gasteiger partial charge in [0.2, 0.25) is 0 Å². The molecule has 1 fully saturated rings. The van der Waals surface area contributed by atoms with Crippen LogP contribution in [-0.2, 0) is 9.84 Å². The van der Waals surface area contributed by atoms with Crippen molar-refractivity contribution in [3.8, 4) is 0 Å². The van der Waals surface area contributed by atoms with E-state index in [-0.39, 0.29) is 17.7 Å². The molecule has 0 radical (unpaired) electrons. The van der Waals surface area contributed by atoms with Gasteiger partial charge in [0.1, 0.15) is 0 Å². The van der Waals surface area contributed by atoms with E-state index in [1.165, 1.54) is 0 Å². The first-order chi connectivity index (χ1) is 8.52. The first-order valence-electron chi connectivity index (χ1n) is 6.06. The maximum Gasteiger partial charge on any atom is 0.150 e. The van der Waals surface area contributed by atoms with Crippen LogP contribution < -0.4 is 5.32 Å². The minimum atomic E-state index is -2.85. The van der Waals surface area contributed by atoms with Crippen molar-refractivity contribution in [3.05, 3.63) is 28.5 Å². The number of sulfone groups is 1. The van der Waals surface area contributed by atoms with Crippen molar-refractivity contribution < 1.29 is 8.42 Å². The van der Waals surface area contributed by atoms with E-state index in [0.29, 0.717) is 5.75 Å². The molecule has 0 spiro atoms. The highest BCUT2D eigenvalue weighted by atomic mass is 79.9. The molecule has 1 aromatic heterocycles. The van der Waals surface area contributed by atoms with E-state index >= 15 is 0 Å². The van der Waals surface area contributed by atoms with Crippen LogP contribution in [0.5, 0.6) is 0 Å². The summed E-state index contributed by atoms with van der Waals surface area (Å²) in [5.41, 5.74) is 1.05. The SMILES string of the molecule is CCNC(c1cncc(Br)c1)C1CCS(=O)(=O)C1. The Morgan fingerprint density at radius 3 is 2.89 bits per heavy atom. The average molecular weight is 333 g/mol. The van der Waals surface area contributed by atoms with E-state index in [1.807, 2.05) is 19.2 Å². The Hall–Kier alpha value is -0.460. The van der Waals surface area contributed by atoms with Crippen LogP contribution in [0.1, 0.15) is 24.9 Å². The molecule has 100 valence electrons. The predicted molar refractivity (Wildman–Crippen MR) is 75.1 cm³/mol. The van der Waals surface area contributed by atoms with Crippen molar-refractivity contribution in [1.29, 1.82) is 0 Å². The van der Waals surface area contributed by atoms with Crippen LogP contribution in [-0.4, -0.2) is 31.5 Å². The summed E-state index contributed by atoms with van der Waals surface area (Å²) in [6, 6.07) is 2.07. The Kier molecular flexibility index (Phi) is 4.40. The number of nitrogens with zero attached hydrogens (tertiary/aromatic N) is 1. The second-order valence-electron chi connectivity index (χ2n) is 4.63. The summed E-state index contributed by atoms with van der Waals surface area (Å²) in [6.45, 7) is 2.84. The molecule has 2 rings (SSSR count). The van der Waals surface area contributed by atoms with Gasteiger partial charge >= 0.3 is 0 Å². The quantitative estimate of drug-likeness (QED) is 0.915. The maximum atomic E-state index is 11.6. The molecule has 6 heteroatoms. The average Bonchev–Trinajstić information content (AvgIpc) is 2.66. The predicted octanol–water partition coefficient (Wildman–Crippen LogP) is 1.93. The fraction of sp³-hybridized carbons (Fsp3) is 0.583. The first-order valence-corrected chi connectivity index (χ1v) is 8.67. The van der Waals surface area contributed by atoms with Gasteiger partial charge in [-0.05, 0) is 46.4 Å². The van der Waals surface area contributed by atoms with Crippen LogP contribution in [0.2, 0.25) is 0 Å². The van der Waals surface area contributed by atoms with E-state index in [1.54, 1.807) is 6.20 Å². The molecule has 0 bridgehead atoms. The Balaban J connectivity index is 2.24. The molecule has 2 heterocycles. The van der Waals surface area contributed by atoms with Gasteiger partial charge in [0, 0.05) is 22.9 Å². The number of hydrogen-bond donors (Lipinski definition) is 1. The highest BCUT2D eigenvalue weighted by molar-refractivity contribution is 9.10. The van der Waals surface area contributed by atoms with Crippen LogP contribution in [0.25, 0.3) is 0 Å². The van der Waals surface area contributed by atoms with Crippen LogP contribution in [0.3, 0.4) is 0 Å². The van der Waals surface area contributed by atoms with Gasteiger partial charge in [0.25, 0.3) is 0 Å². The van der Waals surface area contributed by atoms with Gasteiger partial charge in [-0.15, -0.1) is 0 Å². The van der Waals surface area contributed by atoms with Crippen molar-refractivity contribution in [2.45, 2.75) is 19.4 Å². The number of rotatable bonds is 4. The van der Waals surface area contributed by atoms with E-state index < -0.39 is 9.84 Å². The minimum absolute atomic E-state index is 0.0669. The Morgan fingerprint density at radius 2 is 2.33 bits per heavy atom. The third-order valence-corrected chi connectivity index (χ3v) is 5.48. The number of aromatic nitrogens is 1. The molecule has 1 aliphatic heterocycles. The van der Waals surface area contributed by atoms with E-state index in [4.69, 9.17) is 0 Å². The smallest absolute Gasteiger partial charge is 0.150 e. The van der Waals surface area contributed by atoms with Gasteiger partial charge in [-0.2, -0.15) is 0 Å². The molecule has 1 saturated heterocycles. The molecule has 2 atom stereocenters. The van der Waals surface area contributed by atoms with Crippen molar-refractivity contribution in [2.24, 2.45) is 5.92 Å². The molecule has 1 N–H and O–H groups in total. The largest absolute Gasteiger partial charge is 0.310 e. The van der Waals surface area contributed by atoms with Crippen LogP contribution in [0.15, 0.2) is 22.9 Å². The molecule has 0 aliphatic carbocycles. The van der Waals surface area contributed by atoms with Crippen LogP contribution >= 0.6 is 15.9 Å². The summed E-state index contributed by atoms with van der Waals surface area (Å²) in [5, 5.41) is 3.38. The van der Waals surface area contributed by atoms with Crippen molar-refractivity contribution in [1.82, 2.24) is 10.3 Å². The standard InChI is InChI=1S/C12H17BrN2O2S/c1-2-15-12(9-3-4-18(16,17)8-9)10-5-11(13)7-14-6-10/h5-7,9,12,15H,2-4,8H2,1H3. The lowest BCUT2D eigenvalue weighted by Gasteiger charge is -2.23. The van der Waals surface area contributed by atoms with E-state index in [0.717, 1.165) is 23.0 Å². The van der Waals surface area contributed by atoms with E-state index in [9.17, 15) is 8.42 Å². The van der Waals surface area contributed by atoms with Gasteiger partial charge in [-0.1, -0.05) is 6.92 Å².